The second-order valence-corrected chi connectivity index (χ2v) is 8.36. The van der Waals surface area contributed by atoms with E-state index < -0.39 is 5.97 Å². The highest BCUT2D eigenvalue weighted by Gasteiger charge is 2.55. The number of aliphatic hydroxyl groups excluding tert-OH is 1. The van der Waals surface area contributed by atoms with Crippen LogP contribution in [-0.2, 0) is 4.79 Å². The summed E-state index contributed by atoms with van der Waals surface area (Å²) >= 11 is 0. The van der Waals surface area contributed by atoms with Crippen LogP contribution >= 0.6 is 0 Å². The van der Waals surface area contributed by atoms with Crippen molar-refractivity contribution in [3.8, 4) is 0 Å². The van der Waals surface area contributed by atoms with Crippen LogP contribution in [0.4, 0.5) is 0 Å². The van der Waals surface area contributed by atoms with Gasteiger partial charge in [-0.15, -0.1) is 0 Å². The number of hydrogen-bond acceptors (Lipinski definition) is 2. The van der Waals surface area contributed by atoms with Gasteiger partial charge in [0.05, 0.1) is 6.10 Å². The van der Waals surface area contributed by atoms with E-state index >= 15 is 0 Å². The van der Waals surface area contributed by atoms with Crippen molar-refractivity contribution in [2.24, 2.45) is 22.7 Å². The standard InChI is InChI=1S/C20H32O3/c1-13(12-18(22)23)8-10-19(4)14(2)9-11-20(5)15(3)16(21)6-7-17(19)20/h12,14,16-17,21H,3,6-11H2,1-2,4-5H3,(H,22,23)/b13-12+/t14-,16+,17-,19+,20+/m1/s1. The molecule has 2 rings (SSSR count). The van der Waals surface area contributed by atoms with Gasteiger partial charge in [-0.2, -0.15) is 0 Å². The Morgan fingerprint density at radius 3 is 2.61 bits per heavy atom. The molecule has 0 bridgehead atoms. The number of aliphatic carboxylic acids is 1. The number of hydrogen-bond donors (Lipinski definition) is 2. The molecule has 3 nitrogen and oxygen atoms in total. The predicted octanol–water partition coefficient (Wildman–Crippen LogP) is 4.57. The number of carboxylic acid groups (broad SMARTS) is 1. The summed E-state index contributed by atoms with van der Waals surface area (Å²) in [6, 6.07) is 0. The van der Waals surface area contributed by atoms with E-state index in [9.17, 15) is 9.90 Å². The lowest BCUT2D eigenvalue weighted by molar-refractivity contribution is -0.131. The zero-order valence-electron chi connectivity index (χ0n) is 15.1. The molecule has 0 spiro atoms. The minimum atomic E-state index is -0.858. The van der Waals surface area contributed by atoms with Crippen molar-refractivity contribution in [1.29, 1.82) is 0 Å². The monoisotopic (exact) mass is 320 g/mol. The Balaban J connectivity index is 2.24. The topological polar surface area (TPSA) is 57.5 Å². The molecule has 2 fully saturated rings. The third-order valence-corrected chi connectivity index (χ3v) is 7.08. The highest BCUT2D eigenvalue weighted by Crippen LogP contribution is 2.62. The quantitative estimate of drug-likeness (QED) is 0.589. The maximum atomic E-state index is 10.8. The van der Waals surface area contributed by atoms with Crippen LogP contribution in [0.2, 0.25) is 0 Å². The fourth-order valence-corrected chi connectivity index (χ4v) is 5.17. The lowest BCUT2D eigenvalue weighted by atomic mass is 9.46. The van der Waals surface area contributed by atoms with Gasteiger partial charge in [-0.25, -0.2) is 4.79 Å². The zero-order valence-corrected chi connectivity index (χ0v) is 15.1. The molecular weight excluding hydrogens is 288 g/mol. The molecule has 2 saturated carbocycles. The molecule has 5 atom stereocenters. The molecule has 0 aromatic heterocycles. The number of carboxylic acids is 1. The molecule has 2 aliphatic carbocycles. The summed E-state index contributed by atoms with van der Waals surface area (Å²) in [5.41, 5.74) is 2.14. The van der Waals surface area contributed by atoms with Gasteiger partial charge >= 0.3 is 5.97 Å². The molecule has 0 amide bonds. The van der Waals surface area contributed by atoms with Gasteiger partial charge in [0, 0.05) is 6.08 Å². The maximum Gasteiger partial charge on any atom is 0.328 e. The largest absolute Gasteiger partial charge is 0.478 e. The minimum absolute atomic E-state index is 0.0172. The molecule has 23 heavy (non-hydrogen) atoms. The number of allylic oxidation sites excluding steroid dienone is 1. The van der Waals surface area contributed by atoms with Crippen LogP contribution in [0.15, 0.2) is 23.8 Å². The fourth-order valence-electron chi connectivity index (χ4n) is 5.17. The SMILES string of the molecule is C=C1[C@@H](O)CC[C@@H]2[C@@](C)(CC/C(C)=C/C(=O)O)[C@H](C)CC[C@@]12C. The molecule has 0 radical (unpaired) electrons. The lowest BCUT2D eigenvalue weighted by Crippen LogP contribution is -2.52. The van der Waals surface area contributed by atoms with Crippen molar-refractivity contribution >= 4 is 5.97 Å². The van der Waals surface area contributed by atoms with Crippen LogP contribution in [0.25, 0.3) is 0 Å². The first-order valence-corrected chi connectivity index (χ1v) is 8.88. The van der Waals surface area contributed by atoms with Gasteiger partial charge in [-0.05, 0) is 73.7 Å². The van der Waals surface area contributed by atoms with Gasteiger partial charge in [0.15, 0.2) is 0 Å². The zero-order chi connectivity index (χ0) is 17.4. The van der Waals surface area contributed by atoms with Crippen LogP contribution in [0.1, 0.15) is 66.2 Å². The van der Waals surface area contributed by atoms with Crippen LogP contribution < -0.4 is 0 Å². The van der Waals surface area contributed by atoms with Crippen LogP contribution in [0.5, 0.6) is 0 Å². The molecule has 3 heteroatoms. The molecule has 2 N–H and O–H groups in total. The third-order valence-electron chi connectivity index (χ3n) is 7.08. The van der Waals surface area contributed by atoms with E-state index in [0.717, 1.165) is 49.7 Å². The van der Waals surface area contributed by atoms with Crippen LogP contribution in [0, 0.1) is 22.7 Å². The predicted molar refractivity (Wildman–Crippen MR) is 93.1 cm³/mol. The summed E-state index contributed by atoms with van der Waals surface area (Å²) in [5, 5.41) is 19.2. The van der Waals surface area contributed by atoms with Crippen molar-refractivity contribution < 1.29 is 15.0 Å². The molecule has 0 aromatic carbocycles. The molecular formula is C20H32O3. The molecule has 0 aromatic rings. The van der Waals surface area contributed by atoms with Crippen molar-refractivity contribution in [3.05, 3.63) is 23.8 Å². The van der Waals surface area contributed by atoms with E-state index in [-0.39, 0.29) is 16.9 Å². The highest BCUT2D eigenvalue weighted by molar-refractivity contribution is 5.80. The molecule has 0 aliphatic heterocycles. The van der Waals surface area contributed by atoms with E-state index in [2.05, 4.69) is 27.4 Å². The second kappa shape index (κ2) is 6.43. The van der Waals surface area contributed by atoms with E-state index in [1.165, 1.54) is 6.08 Å². The number of rotatable bonds is 4. The summed E-state index contributed by atoms with van der Waals surface area (Å²) in [5.74, 6) is 0.275. The number of aliphatic hydroxyl groups is 1. The molecule has 0 heterocycles. The lowest BCUT2D eigenvalue weighted by Gasteiger charge is -2.59. The van der Waals surface area contributed by atoms with Crippen molar-refractivity contribution in [2.45, 2.75) is 72.3 Å². The first-order chi connectivity index (χ1) is 10.6. The van der Waals surface area contributed by atoms with Crippen LogP contribution in [-0.4, -0.2) is 22.3 Å². The average molecular weight is 320 g/mol. The second-order valence-electron chi connectivity index (χ2n) is 8.36. The summed E-state index contributed by atoms with van der Waals surface area (Å²) in [4.78, 5) is 10.8. The van der Waals surface area contributed by atoms with Crippen molar-refractivity contribution in [2.75, 3.05) is 0 Å². The van der Waals surface area contributed by atoms with Gasteiger partial charge < -0.3 is 10.2 Å². The normalized spacial score (nSPS) is 41.5. The Hall–Kier alpha value is -1.09. The number of fused-ring (bicyclic) bond motifs is 1. The molecule has 0 unspecified atom stereocenters. The molecule has 2 aliphatic rings. The van der Waals surface area contributed by atoms with E-state index in [1.807, 2.05) is 6.92 Å². The average Bonchev–Trinajstić information content (AvgIpc) is 2.46. The molecule has 0 saturated heterocycles. The summed E-state index contributed by atoms with van der Waals surface area (Å²) < 4.78 is 0. The Labute approximate surface area is 140 Å². The van der Waals surface area contributed by atoms with E-state index in [1.54, 1.807) is 0 Å². The maximum absolute atomic E-state index is 10.8. The first kappa shape index (κ1) is 18.3. The van der Waals surface area contributed by atoms with Gasteiger partial charge in [0.2, 0.25) is 0 Å². The first-order valence-electron chi connectivity index (χ1n) is 8.88. The fraction of sp³-hybridized carbons (Fsp3) is 0.750. The number of carbonyl (C=O) groups is 1. The summed E-state index contributed by atoms with van der Waals surface area (Å²) in [6.45, 7) is 13.1. The van der Waals surface area contributed by atoms with E-state index in [4.69, 9.17) is 5.11 Å². The van der Waals surface area contributed by atoms with Crippen molar-refractivity contribution in [3.63, 3.8) is 0 Å². The highest BCUT2D eigenvalue weighted by atomic mass is 16.4. The Morgan fingerprint density at radius 2 is 2.00 bits per heavy atom. The van der Waals surface area contributed by atoms with Crippen molar-refractivity contribution in [1.82, 2.24) is 0 Å². The third kappa shape index (κ3) is 3.26. The Morgan fingerprint density at radius 1 is 1.35 bits per heavy atom. The summed E-state index contributed by atoms with van der Waals surface area (Å²) in [7, 11) is 0. The van der Waals surface area contributed by atoms with Gasteiger partial charge in [0.25, 0.3) is 0 Å². The Bertz CT molecular complexity index is 521. The summed E-state index contributed by atoms with van der Waals surface area (Å²) in [6.07, 6.45) is 6.92. The Kier molecular flexibility index (Phi) is 5.10. The van der Waals surface area contributed by atoms with E-state index in [0.29, 0.717) is 11.8 Å². The molecule has 130 valence electrons. The van der Waals surface area contributed by atoms with Gasteiger partial charge in [-0.1, -0.05) is 32.9 Å². The van der Waals surface area contributed by atoms with Crippen LogP contribution in [0.3, 0.4) is 0 Å². The smallest absolute Gasteiger partial charge is 0.328 e. The van der Waals surface area contributed by atoms with Gasteiger partial charge in [0.1, 0.15) is 0 Å². The minimum Gasteiger partial charge on any atom is -0.478 e. The van der Waals surface area contributed by atoms with Gasteiger partial charge in [-0.3, -0.25) is 0 Å².